The van der Waals surface area contributed by atoms with Crippen molar-refractivity contribution in [2.24, 2.45) is 0 Å². The molecule has 1 aromatic carbocycles. The molecular formula is C18H22BrNS. The molecule has 21 heavy (non-hydrogen) atoms. The highest BCUT2D eigenvalue weighted by molar-refractivity contribution is 9.10. The SMILES string of the molecule is CCC(=Cc1ccc(-c2cccc(Br)c2)s1)CNC(C)C. The van der Waals surface area contributed by atoms with Crippen LogP contribution >= 0.6 is 27.3 Å². The third-order valence-corrected chi connectivity index (χ3v) is 4.85. The minimum Gasteiger partial charge on any atom is -0.311 e. The summed E-state index contributed by atoms with van der Waals surface area (Å²) in [6.07, 6.45) is 3.41. The van der Waals surface area contributed by atoms with Crippen molar-refractivity contribution in [2.75, 3.05) is 6.54 Å². The van der Waals surface area contributed by atoms with Crippen LogP contribution in [0, 0.1) is 0 Å². The Morgan fingerprint density at radius 3 is 2.76 bits per heavy atom. The summed E-state index contributed by atoms with van der Waals surface area (Å²) in [6, 6.07) is 13.4. The quantitative estimate of drug-likeness (QED) is 0.666. The van der Waals surface area contributed by atoms with E-state index in [2.05, 4.69) is 84.5 Å². The van der Waals surface area contributed by atoms with Crippen LogP contribution in [0.3, 0.4) is 0 Å². The topological polar surface area (TPSA) is 12.0 Å². The Hall–Kier alpha value is -0.900. The first kappa shape index (κ1) is 16.5. The van der Waals surface area contributed by atoms with Crippen LogP contribution in [0.5, 0.6) is 0 Å². The van der Waals surface area contributed by atoms with E-state index in [-0.39, 0.29) is 0 Å². The summed E-state index contributed by atoms with van der Waals surface area (Å²) in [6.45, 7) is 7.56. The minimum absolute atomic E-state index is 0.528. The molecule has 0 saturated carbocycles. The summed E-state index contributed by atoms with van der Waals surface area (Å²) in [4.78, 5) is 2.64. The monoisotopic (exact) mass is 363 g/mol. The highest BCUT2D eigenvalue weighted by Crippen LogP contribution is 2.31. The number of hydrogen-bond donors (Lipinski definition) is 1. The molecule has 0 unspecified atom stereocenters. The predicted molar refractivity (Wildman–Crippen MR) is 98.9 cm³/mol. The molecule has 1 N–H and O–H groups in total. The molecule has 112 valence electrons. The van der Waals surface area contributed by atoms with Crippen LogP contribution in [0.25, 0.3) is 16.5 Å². The van der Waals surface area contributed by atoms with Crippen LogP contribution < -0.4 is 5.32 Å². The second kappa shape index (κ2) is 7.92. The molecule has 2 aromatic rings. The second-order valence-electron chi connectivity index (χ2n) is 5.40. The zero-order valence-corrected chi connectivity index (χ0v) is 15.2. The molecular weight excluding hydrogens is 342 g/mol. The Morgan fingerprint density at radius 1 is 1.29 bits per heavy atom. The number of rotatable bonds is 6. The van der Waals surface area contributed by atoms with E-state index < -0.39 is 0 Å². The Bertz CT molecular complexity index is 613. The van der Waals surface area contributed by atoms with Gasteiger partial charge in [-0.25, -0.2) is 0 Å². The predicted octanol–water partition coefficient (Wildman–Crippen LogP) is 5.97. The van der Waals surface area contributed by atoms with E-state index in [0.717, 1.165) is 17.4 Å². The first-order valence-corrected chi connectivity index (χ1v) is 8.98. The van der Waals surface area contributed by atoms with Crippen LogP contribution in [0.4, 0.5) is 0 Å². The summed E-state index contributed by atoms with van der Waals surface area (Å²) in [5.74, 6) is 0. The molecule has 0 spiro atoms. The van der Waals surface area contributed by atoms with Crippen LogP contribution in [-0.2, 0) is 0 Å². The maximum atomic E-state index is 3.54. The van der Waals surface area contributed by atoms with Crippen molar-refractivity contribution in [3.05, 3.63) is 51.3 Å². The Morgan fingerprint density at radius 2 is 2.10 bits per heavy atom. The van der Waals surface area contributed by atoms with Crippen molar-refractivity contribution in [3.63, 3.8) is 0 Å². The van der Waals surface area contributed by atoms with Gasteiger partial charge in [-0.05, 0) is 42.3 Å². The average Bonchev–Trinajstić information content (AvgIpc) is 2.92. The summed E-state index contributed by atoms with van der Waals surface area (Å²) in [5.41, 5.74) is 2.72. The van der Waals surface area contributed by atoms with Gasteiger partial charge in [0.15, 0.2) is 0 Å². The van der Waals surface area contributed by atoms with Crippen molar-refractivity contribution in [1.82, 2.24) is 5.32 Å². The largest absolute Gasteiger partial charge is 0.311 e. The molecule has 0 aliphatic rings. The minimum atomic E-state index is 0.528. The highest BCUT2D eigenvalue weighted by Gasteiger charge is 2.03. The third kappa shape index (κ3) is 5.10. The van der Waals surface area contributed by atoms with E-state index in [4.69, 9.17) is 0 Å². The molecule has 0 atom stereocenters. The van der Waals surface area contributed by atoms with Gasteiger partial charge >= 0.3 is 0 Å². The molecule has 1 aromatic heterocycles. The molecule has 0 amide bonds. The number of nitrogens with one attached hydrogen (secondary N) is 1. The summed E-state index contributed by atoms with van der Waals surface area (Å²) in [7, 11) is 0. The fourth-order valence-electron chi connectivity index (χ4n) is 2.04. The Balaban J connectivity index is 2.15. The fourth-order valence-corrected chi connectivity index (χ4v) is 3.44. The Kier molecular flexibility index (Phi) is 6.22. The average molecular weight is 364 g/mol. The lowest BCUT2D eigenvalue weighted by Gasteiger charge is -2.09. The van der Waals surface area contributed by atoms with Gasteiger partial charge in [0.05, 0.1) is 0 Å². The summed E-state index contributed by atoms with van der Waals surface area (Å²) >= 11 is 5.38. The summed E-state index contributed by atoms with van der Waals surface area (Å²) < 4.78 is 1.13. The van der Waals surface area contributed by atoms with Crippen molar-refractivity contribution < 1.29 is 0 Å². The van der Waals surface area contributed by atoms with Gasteiger partial charge in [0, 0.05) is 26.8 Å². The van der Waals surface area contributed by atoms with Gasteiger partial charge < -0.3 is 5.32 Å². The number of halogens is 1. The number of thiophene rings is 1. The molecule has 1 heterocycles. The van der Waals surface area contributed by atoms with E-state index in [9.17, 15) is 0 Å². The second-order valence-corrected chi connectivity index (χ2v) is 7.44. The van der Waals surface area contributed by atoms with Gasteiger partial charge in [0.25, 0.3) is 0 Å². The highest BCUT2D eigenvalue weighted by atomic mass is 79.9. The molecule has 0 radical (unpaired) electrons. The van der Waals surface area contributed by atoms with E-state index >= 15 is 0 Å². The smallest absolute Gasteiger partial charge is 0.0349 e. The van der Waals surface area contributed by atoms with E-state index in [1.54, 1.807) is 0 Å². The van der Waals surface area contributed by atoms with Crippen LogP contribution in [0.2, 0.25) is 0 Å². The normalized spacial score (nSPS) is 12.1. The third-order valence-electron chi connectivity index (χ3n) is 3.27. The lowest BCUT2D eigenvalue weighted by atomic mass is 10.1. The first-order chi connectivity index (χ1) is 10.1. The van der Waals surface area contributed by atoms with E-state index in [0.29, 0.717) is 6.04 Å². The van der Waals surface area contributed by atoms with Gasteiger partial charge in [-0.1, -0.05) is 54.4 Å². The molecule has 1 nitrogen and oxygen atoms in total. The molecule has 0 bridgehead atoms. The van der Waals surface area contributed by atoms with E-state index in [1.807, 2.05) is 11.3 Å². The first-order valence-electron chi connectivity index (χ1n) is 7.37. The molecule has 0 fully saturated rings. The van der Waals surface area contributed by atoms with Crippen LogP contribution in [-0.4, -0.2) is 12.6 Å². The van der Waals surface area contributed by atoms with Gasteiger partial charge in [0.2, 0.25) is 0 Å². The molecule has 0 saturated heterocycles. The lowest BCUT2D eigenvalue weighted by Crippen LogP contribution is -2.24. The maximum absolute atomic E-state index is 3.54. The van der Waals surface area contributed by atoms with Gasteiger partial charge in [-0.3, -0.25) is 0 Å². The maximum Gasteiger partial charge on any atom is 0.0349 e. The molecule has 2 rings (SSSR count). The fraction of sp³-hybridized carbons (Fsp3) is 0.333. The molecule has 0 aliphatic heterocycles. The summed E-state index contributed by atoms with van der Waals surface area (Å²) in [5, 5.41) is 3.49. The van der Waals surface area contributed by atoms with Crippen LogP contribution in [0.1, 0.15) is 32.1 Å². The van der Waals surface area contributed by atoms with Crippen molar-refractivity contribution in [3.8, 4) is 10.4 Å². The number of benzene rings is 1. The molecule has 0 aliphatic carbocycles. The van der Waals surface area contributed by atoms with Gasteiger partial charge in [-0.2, -0.15) is 0 Å². The van der Waals surface area contributed by atoms with Gasteiger partial charge in [0.1, 0.15) is 0 Å². The van der Waals surface area contributed by atoms with Crippen molar-refractivity contribution >= 4 is 33.3 Å². The zero-order valence-electron chi connectivity index (χ0n) is 12.8. The Labute approximate surface area is 140 Å². The lowest BCUT2D eigenvalue weighted by molar-refractivity contribution is 0.617. The van der Waals surface area contributed by atoms with E-state index in [1.165, 1.54) is 20.9 Å². The molecule has 3 heteroatoms. The van der Waals surface area contributed by atoms with Crippen molar-refractivity contribution in [2.45, 2.75) is 33.2 Å². The number of hydrogen-bond acceptors (Lipinski definition) is 2. The van der Waals surface area contributed by atoms with Gasteiger partial charge in [-0.15, -0.1) is 11.3 Å². The standard InChI is InChI=1S/C18H22BrNS/c1-4-14(12-20-13(2)3)10-17-8-9-18(21-17)15-6-5-7-16(19)11-15/h5-11,13,20H,4,12H2,1-3H3. The van der Waals surface area contributed by atoms with Crippen LogP contribution in [0.15, 0.2) is 46.4 Å². The zero-order chi connectivity index (χ0) is 15.2. The van der Waals surface area contributed by atoms with Crippen molar-refractivity contribution in [1.29, 1.82) is 0 Å².